The van der Waals surface area contributed by atoms with Crippen LogP contribution in [0.4, 0.5) is 51.7 Å². The zero-order chi connectivity index (χ0) is 45.8. The highest BCUT2D eigenvalue weighted by Crippen LogP contribution is 2.51. The lowest BCUT2D eigenvalue weighted by Crippen LogP contribution is -2.37. The minimum atomic E-state index is -0.257. The molecule has 0 fully saturated rings. The molecule has 64 heavy (non-hydrogen) atoms. The maximum Gasteiger partial charge on any atom is 0.125 e. The van der Waals surface area contributed by atoms with Crippen LogP contribution in [-0.2, 0) is 0 Å². The molecule has 336 valence electrons. The number of benzene rings is 6. The summed E-state index contributed by atoms with van der Waals surface area (Å²) in [7, 11) is 12.3. The summed E-state index contributed by atoms with van der Waals surface area (Å²) in [4.78, 5) is 19.4. The van der Waals surface area contributed by atoms with E-state index >= 15 is 0 Å². The van der Waals surface area contributed by atoms with Crippen molar-refractivity contribution >= 4 is 69.4 Å². The Morgan fingerprint density at radius 1 is 0.359 bits per heavy atom. The minimum Gasteiger partial charge on any atom is -0.338 e. The molecule has 13 heteroatoms. The summed E-state index contributed by atoms with van der Waals surface area (Å²) in [6.45, 7) is 8.92. The van der Waals surface area contributed by atoms with Crippen molar-refractivity contribution in [3.63, 3.8) is 0 Å². The molecule has 0 radical (unpaired) electrons. The molecule has 3 heterocycles. The summed E-state index contributed by atoms with van der Waals surface area (Å²) >= 11 is 4.83. The van der Waals surface area contributed by atoms with Crippen LogP contribution < -0.4 is 14.7 Å². The third-order valence-electron chi connectivity index (χ3n) is 11.8. The van der Waals surface area contributed by atoms with E-state index in [9.17, 15) is 17.6 Å². The fraction of sp³-hybridized carbons (Fsp3) is 0.294. The second-order valence-electron chi connectivity index (χ2n) is 17.0. The van der Waals surface area contributed by atoms with Gasteiger partial charge < -0.3 is 29.4 Å². The van der Waals surface area contributed by atoms with E-state index in [0.717, 1.165) is 61.1 Å². The molecule has 3 unspecified atom stereocenters. The minimum absolute atomic E-state index is 0.179. The van der Waals surface area contributed by atoms with Gasteiger partial charge in [-0.3, -0.25) is 0 Å². The van der Waals surface area contributed by atoms with E-state index in [1.54, 1.807) is 66.0 Å². The van der Waals surface area contributed by atoms with Crippen LogP contribution in [0, 0.1) is 23.3 Å². The second kappa shape index (κ2) is 20.7. The molecular weight excluding hydrogens is 869 g/mol. The Morgan fingerprint density at radius 3 is 1.02 bits per heavy atom. The molecule has 0 bridgehead atoms. The van der Waals surface area contributed by atoms with E-state index in [-0.39, 0.29) is 29.3 Å². The first kappa shape index (κ1) is 47.3. The molecule has 6 aromatic rings. The van der Waals surface area contributed by atoms with Gasteiger partial charge in [0.15, 0.2) is 0 Å². The number of rotatable bonds is 9. The average Bonchev–Trinajstić information content (AvgIpc) is 3.26. The number of nitrogens with zero attached hydrogens (tertiary/aromatic N) is 6. The molecule has 3 atom stereocenters. The molecule has 6 nitrogen and oxygen atoms in total. The highest BCUT2D eigenvalue weighted by atomic mass is 32.2. The summed E-state index contributed by atoms with van der Waals surface area (Å²) in [6.07, 6.45) is 0. The van der Waals surface area contributed by atoms with Gasteiger partial charge in [0.25, 0.3) is 0 Å². The summed E-state index contributed by atoms with van der Waals surface area (Å²) < 4.78 is 54.5. The summed E-state index contributed by atoms with van der Waals surface area (Å²) in [5.41, 5.74) is 6.20. The van der Waals surface area contributed by atoms with Crippen molar-refractivity contribution in [1.29, 1.82) is 0 Å². The third kappa shape index (κ3) is 10.9. The molecule has 9 rings (SSSR count). The van der Waals surface area contributed by atoms with Crippen molar-refractivity contribution in [2.45, 2.75) is 68.3 Å². The van der Waals surface area contributed by atoms with E-state index in [1.165, 1.54) is 45.4 Å². The van der Waals surface area contributed by atoms with Crippen molar-refractivity contribution < 1.29 is 17.6 Å². The fourth-order valence-electron chi connectivity index (χ4n) is 7.31. The topological polar surface area (TPSA) is 19.4 Å². The lowest BCUT2D eigenvalue weighted by atomic mass is 10.2. The Hall–Kier alpha value is -4.63. The maximum atomic E-state index is 13.7. The Morgan fingerprint density at radius 2 is 0.641 bits per heavy atom. The molecule has 3 aliphatic heterocycles. The van der Waals surface area contributed by atoms with Gasteiger partial charge in [-0.25, -0.2) is 17.6 Å². The largest absolute Gasteiger partial charge is 0.338 e. The van der Waals surface area contributed by atoms with E-state index in [4.69, 9.17) is 0 Å². The van der Waals surface area contributed by atoms with Crippen molar-refractivity contribution in [1.82, 2.24) is 14.7 Å². The highest BCUT2D eigenvalue weighted by molar-refractivity contribution is 8.00. The molecule has 0 saturated heterocycles. The van der Waals surface area contributed by atoms with Crippen LogP contribution in [0.15, 0.2) is 151 Å². The molecule has 0 saturated carbocycles. The van der Waals surface area contributed by atoms with Crippen molar-refractivity contribution in [3.8, 4) is 0 Å². The monoisotopic (exact) mass is 924 g/mol. The van der Waals surface area contributed by atoms with Gasteiger partial charge in [0.1, 0.15) is 23.3 Å². The van der Waals surface area contributed by atoms with E-state index in [1.807, 2.05) is 44.4 Å². The van der Waals surface area contributed by atoms with E-state index < -0.39 is 0 Å². The van der Waals surface area contributed by atoms with Crippen molar-refractivity contribution in [2.24, 2.45) is 0 Å². The maximum absolute atomic E-state index is 13.7. The Labute approximate surface area is 389 Å². The molecule has 0 aliphatic carbocycles. The predicted molar refractivity (Wildman–Crippen MR) is 261 cm³/mol. The fourth-order valence-corrected chi connectivity index (χ4v) is 10.6. The van der Waals surface area contributed by atoms with Crippen LogP contribution in [-0.4, -0.2) is 94.7 Å². The SMILES string of the molecule is CC(CN1c2ccc(F)cc2Sc2ccc(F)cc21)N(C)C.CC(CN1c2ccccc2Sc2cc(F)ccc21)N(C)C.CC(CN1c2ccccc2Sc2ccc(F)cc21)N(C)C. The average molecular weight is 925 g/mol. The van der Waals surface area contributed by atoms with Gasteiger partial charge in [0.05, 0.1) is 34.1 Å². The summed E-state index contributed by atoms with van der Waals surface area (Å²) in [5, 5.41) is 0. The lowest BCUT2D eigenvalue weighted by Gasteiger charge is -2.36. The first-order chi connectivity index (χ1) is 30.6. The number of hydrogen-bond acceptors (Lipinski definition) is 9. The van der Waals surface area contributed by atoms with Crippen LogP contribution in [0.25, 0.3) is 0 Å². The van der Waals surface area contributed by atoms with Gasteiger partial charge in [-0.15, -0.1) is 0 Å². The zero-order valence-electron chi connectivity index (χ0n) is 37.8. The zero-order valence-corrected chi connectivity index (χ0v) is 40.3. The van der Waals surface area contributed by atoms with Gasteiger partial charge in [0.2, 0.25) is 0 Å². The molecular formula is C51H56F4N6S3. The number of likely N-dealkylation sites (N-methyl/N-ethyl adjacent to an activating group) is 3. The predicted octanol–water partition coefficient (Wildman–Crippen LogP) is 13.3. The Bertz CT molecular complexity index is 2570. The third-order valence-corrected chi connectivity index (χ3v) is 15.2. The van der Waals surface area contributed by atoms with Gasteiger partial charge in [-0.1, -0.05) is 59.6 Å². The quantitative estimate of drug-likeness (QED) is 0.131. The van der Waals surface area contributed by atoms with E-state index in [0.29, 0.717) is 18.6 Å². The van der Waals surface area contributed by atoms with Crippen molar-refractivity contribution in [2.75, 3.05) is 76.6 Å². The van der Waals surface area contributed by atoms with E-state index in [2.05, 4.69) is 109 Å². The molecule has 0 N–H and O–H groups in total. The van der Waals surface area contributed by atoms with Gasteiger partial charge in [-0.2, -0.15) is 0 Å². The van der Waals surface area contributed by atoms with Crippen LogP contribution in [0.1, 0.15) is 20.8 Å². The number of fused-ring (bicyclic) bond motifs is 6. The number of anilines is 6. The van der Waals surface area contributed by atoms with Crippen LogP contribution in [0.2, 0.25) is 0 Å². The smallest absolute Gasteiger partial charge is 0.125 e. The summed E-state index contributed by atoms with van der Waals surface area (Å²) in [6, 6.07) is 37.3. The number of para-hydroxylation sites is 2. The number of halogens is 4. The second-order valence-corrected chi connectivity index (χ2v) is 20.2. The Kier molecular flexibility index (Phi) is 15.3. The van der Waals surface area contributed by atoms with Gasteiger partial charge in [0, 0.05) is 67.1 Å². The first-order valence-corrected chi connectivity index (χ1v) is 23.7. The van der Waals surface area contributed by atoms with Crippen LogP contribution >= 0.6 is 35.3 Å². The standard InChI is InChI=1S/C17H18F2N2S.2C17H19FN2S/c1-11(20(2)3)10-21-14-6-4-13(19)9-17(14)22-16-7-5-12(18)8-15(16)21;1-12(19(2)3)11-20-14-6-4-5-7-16(14)21-17-9-8-13(18)10-15(17)20;1-12(19(2)3)11-20-14-6-4-5-7-16(14)21-17-10-13(18)8-9-15(17)20/h4-9,11H,10H2,1-3H3;2*4-10,12H,11H2,1-3H3. The van der Waals surface area contributed by atoms with Crippen molar-refractivity contribution in [3.05, 3.63) is 145 Å². The normalized spacial score (nSPS) is 14.8. The molecule has 6 aromatic carbocycles. The van der Waals surface area contributed by atoms with Gasteiger partial charge >= 0.3 is 0 Å². The molecule has 0 aromatic heterocycles. The number of hydrogen-bond donors (Lipinski definition) is 0. The molecule has 3 aliphatic rings. The van der Waals surface area contributed by atoms with Crippen LogP contribution in [0.3, 0.4) is 0 Å². The summed E-state index contributed by atoms with van der Waals surface area (Å²) in [5.74, 6) is -0.873. The lowest BCUT2D eigenvalue weighted by molar-refractivity contribution is 0.319. The molecule has 0 spiro atoms. The highest BCUT2D eigenvalue weighted by Gasteiger charge is 2.28. The Balaban J connectivity index is 0.000000144. The van der Waals surface area contributed by atoms with Crippen LogP contribution in [0.5, 0.6) is 0 Å². The molecule has 0 amide bonds. The van der Waals surface area contributed by atoms with Gasteiger partial charge in [-0.05, 0) is 160 Å². The first-order valence-electron chi connectivity index (χ1n) is 21.3.